The zero-order valence-corrected chi connectivity index (χ0v) is 20.2. The number of nitrogens with zero attached hydrogens (tertiary/aromatic N) is 3. The zero-order chi connectivity index (χ0) is 24.2. The van der Waals surface area contributed by atoms with Gasteiger partial charge in [0.05, 0.1) is 15.9 Å². The standard InChI is InChI=1S/C30H23N5S/c1-2-7-21(8-3-1)19-31-22-13-15-23(16-14-22)33-26-17-18-27(25-10-5-4-9-24(25)26)34-35-28-11-6-12-29-30(28)32-20-36-29/h1-18,20,31,33H,19H2. The number of nitrogens with one attached hydrogen (secondary N) is 2. The van der Waals surface area contributed by atoms with Gasteiger partial charge in [-0.25, -0.2) is 4.98 Å². The quantitative estimate of drug-likeness (QED) is 0.222. The molecule has 2 N–H and O–H groups in total. The van der Waals surface area contributed by atoms with Crippen molar-refractivity contribution in [1.82, 2.24) is 4.98 Å². The van der Waals surface area contributed by atoms with E-state index in [1.165, 1.54) is 5.56 Å². The van der Waals surface area contributed by atoms with Crippen LogP contribution in [-0.2, 0) is 6.54 Å². The number of hydrogen-bond donors (Lipinski definition) is 2. The first-order valence-corrected chi connectivity index (χ1v) is 12.6. The van der Waals surface area contributed by atoms with Crippen LogP contribution in [0.2, 0.25) is 0 Å². The van der Waals surface area contributed by atoms with Crippen molar-refractivity contribution in [2.24, 2.45) is 10.2 Å². The largest absolute Gasteiger partial charge is 0.381 e. The second-order valence-electron chi connectivity index (χ2n) is 8.40. The number of aromatic nitrogens is 1. The van der Waals surface area contributed by atoms with E-state index in [1.54, 1.807) is 11.3 Å². The van der Waals surface area contributed by atoms with Gasteiger partial charge < -0.3 is 10.6 Å². The molecule has 6 rings (SSSR count). The molecule has 5 aromatic carbocycles. The SMILES string of the molecule is c1ccc(CNc2ccc(Nc3ccc(N=Nc4cccc5scnc45)c4ccccc34)cc2)cc1. The lowest BCUT2D eigenvalue weighted by Gasteiger charge is -2.12. The summed E-state index contributed by atoms with van der Waals surface area (Å²) >= 11 is 1.61. The van der Waals surface area contributed by atoms with E-state index in [4.69, 9.17) is 0 Å². The molecule has 0 saturated heterocycles. The van der Waals surface area contributed by atoms with E-state index >= 15 is 0 Å². The van der Waals surface area contributed by atoms with Crippen LogP contribution >= 0.6 is 11.3 Å². The molecule has 1 heterocycles. The highest BCUT2D eigenvalue weighted by Gasteiger charge is 2.07. The Morgan fingerprint density at radius 3 is 2.25 bits per heavy atom. The Bertz CT molecular complexity index is 1660. The molecule has 0 bridgehead atoms. The molecule has 6 aromatic rings. The van der Waals surface area contributed by atoms with Gasteiger partial charge in [0, 0.05) is 34.4 Å². The fourth-order valence-corrected chi connectivity index (χ4v) is 4.86. The lowest BCUT2D eigenvalue weighted by molar-refractivity contribution is 1.15. The summed E-state index contributed by atoms with van der Waals surface area (Å²) < 4.78 is 1.11. The Kier molecular flexibility index (Phi) is 6.08. The summed E-state index contributed by atoms with van der Waals surface area (Å²) in [5, 5.41) is 18.3. The number of azo groups is 1. The van der Waals surface area contributed by atoms with E-state index in [2.05, 4.69) is 92.6 Å². The monoisotopic (exact) mass is 485 g/mol. The molecular weight excluding hydrogens is 462 g/mol. The molecule has 0 aliphatic carbocycles. The highest BCUT2D eigenvalue weighted by atomic mass is 32.1. The van der Waals surface area contributed by atoms with Gasteiger partial charge in [0.2, 0.25) is 0 Å². The minimum atomic E-state index is 0.779. The third-order valence-corrected chi connectivity index (χ3v) is 6.80. The van der Waals surface area contributed by atoms with Crippen LogP contribution in [0.1, 0.15) is 5.56 Å². The highest BCUT2D eigenvalue weighted by Crippen LogP contribution is 2.35. The summed E-state index contributed by atoms with van der Waals surface area (Å²) in [6, 6.07) is 37.1. The Hall–Kier alpha value is -4.55. The van der Waals surface area contributed by atoms with Gasteiger partial charge in [-0.3, -0.25) is 0 Å². The third-order valence-electron chi connectivity index (χ3n) is 6.01. The summed E-state index contributed by atoms with van der Waals surface area (Å²) in [4.78, 5) is 4.44. The number of para-hydroxylation sites is 1. The summed E-state index contributed by atoms with van der Waals surface area (Å²) in [6.07, 6.45) is 0. The van der Waals surface area contributed by atoms with Gasteiger partial charge in [0.25, 0.3) is 0 Å². The van der Waals surface area contributed by atoms with E-state index in [0.717, 1.165) is 56.0 Å². The number of benzene rings is 5. The van der Waals surface area contributed by atoms with Crippen molar-refractivity contribution >= 4 is 60.8 Å². The van der Waals surface area contributed by atoms with Crippen molar-refractivity contribution < 1.29 is 0 Å². The molecule has 5 nitrogen and oxygen atoms in total. The van der Waals surface area contributed by atoms with E-state index in [0.29, 0.717) is 0 Å². The number of rotatable bonds is 7. The van der Waals surface area contributed by atoms with Gasteiger partial charge in [-0.15, -0.1) is 21.6 Å². The Morgan fingerprint density at radius 2 is 1.39 bits per heavy atom. The first kappa shape index (κ1) is 21.9. The maximum atomic E-state index is 4.59. The van der Waals surface area contributed by atoms with Gasteiger partial charge in [0.15, 0.2) is 0 Å². The Labute approximate surface area is 213 Å². The zero-order valence-electron chi connectivity index (χ0n) is 19.4. The molecule has 0 amide bonds. The molecular formula is C30H23N5S. The molecule has 1 aromatic heterocycles. The molecule has 36 heavy (non-hydrogen) atoms. The van der Waals surface area contributed by atoms with E-state index in [1.807, 2.05) is 48.0 Å². The Balaban J connectivity index is 1.22. The molecule has 0 spiro atoms. The fraction of sp³-hybridized carbons (Fsp3) is 0.0333. The highest BCUT2D eigenvalue weighted by molar-refractivity contribution is 7.16. The van der Waals surface area contributed by atoms with Gasteiger partial charge in [-0.2, -0.15) is 0 Å². The van der Waals surface area contributed by atoms with Gasteiger partial charge in [0.1, 0.15) is 11.2 Å². The molecule has 0 aliphatic heterocycles. The minimum Gasteiger partial charge on any atom is -0.381 e. The van der Waals surface area contributed by atoms with Gasteiger partial charge in [-0.05, 0) is 54.1 Å². The van der Waals surface area contributed by atoms with Crippen LogP contribution in [0.3, 0.4) is 0 Å². The smallest absolute Gasteiger partial charge is 0.113 e. The van der Waals surface area contributed by atoms with Crippen LogP contribution in [0.15, 0.2) is 125 Å². The summed E-state index contributed by atoms with van der Waals surface area (Å²) in [6.45, 7) is 0.797. The number of hydrogen-bond acceptors (Lipinski definition) is 6. The molecule has 174 valence electrons. The van der Waals surface area contributed by atoms with Crippen molar-refractivity contribution in [3.05, 3.63) is 120 Å². The van der Waals surface area contributed by atoms with E-state index < -0.39 is 0 Å². The van der Waals surface area contributed by atoms with Gasteiger partial charge in [-0.1, -0.05) is 60.7 Å². The van der Waals surface area contributed by atoms with Crippen molar-refractivity contribution in [2.45, 2.75) is 6.54 Å². The lowest BCUT2D eigenvalue weighted by atomic mass is 10.1. The maximum Gasteiger partial charge on any atom is 0.113 e. The normalized spacial score (nSPS) is 11.3. The first-order chi connectivity index (χ1) is 17.8. The van der Waals surface area contributed by atoms with Crippen LogP contribution in [0.4, 0.5) is 28.4 Å². The molecule has 0 atom stereocenters. The Morgan fingerprint density at radius 1 is 0.639 bits per heavy atom. The van der Waals surface area contributed by atoms with Crippen molar-refractivity contribution in [1.29, 1.82) is 0 Å². The topological polar surface area (TPSA) is 61.7 Å². The van der Waals surface area contributed by atoms with Crippen LogP contribution in [0.25, 0.3) is 21.0 Å². The van der Waals surface area contributed by atoms with E-state index in [9.17, 15) is 0 Å². The number of anilines is 3. The lowest BCUT2D eigenvalue weighted by Crippen LogP contribution is -1.99. The van der Waals surface area contributed by atoms with Crippen molar-refractivity contribution in [3.8, 4) is 0 Å². The number of fused-ring (bicyclic) bond motifs is 2. The maximum absolute atomic E-state index is 4.59. The van der Waals surface area contributed by atoms with E-state index in [-0.39, 0.29) is 0 Å². The average molecular weight is 486 g/mol. The van der Waals surface area contributed by atoms with Crippen molar-refractivity contribution in [2.75, 3.05) is 10.6 Å². The number of thiazole rings is 1. The first-order valence-electron chi connectivity index (χ1n) is 11.7. The molecule has 0 aliphatic rings. The second-order valence-corrected chi connectivity index (χ2v) is 9.28. The predicted octanol–water partition coefficient (Wildman–Crippen LogP) is 9.22. The molecule has 0 unspecified atom stereocenters. The molecule has 0 radical (unpaired) electrons. The van der Waals surface area contributed by atoms with Crippen LogP contribution in [0, 0.1) is 0 Å². The summed E-state index contributed by atoms with van der Waals surface area (Å²) in [7, 11) is 0. The minimum absolute atomic E-state index is 0.779. The molecule has 0 saturated carbocycles. The second kappa shape index (κ2) is 9.98. The molecule has 6 heteroatoms. The van der Waals surface area contributed by atoms with Crippen LogP contribution < -0.4 is 10.6 Å². The molecule has 0 fully saturated rings. The summed E-state index contributed by atoms with van der Waals surface area (Å²) in [5.41, 5.74) is 8.71. The van der Waals surface area contributed by atoms with Crippen molar-refractivity contribution in [3.63, 3.8) is 0 Å². The van der Waals surface area contributed by atoms with Gasteiger partial charge >= 0.3 is 0 Å². The summed E-state index contributed by atoms with van der Waals surface area (Å²) in [5.74, 6) is 0. The third kappa shape index (κ3) is 4.67. The predicted molar refractivity (Wildman–Crippen MR) is 151 cm³/mol. The fourth-order valence-electron chi connectivity index (χ4n) is 4.17. The average Bonchev–Trinajstić information content (AvgIpc) is 3.43. The van der Waals surface area contributed by atoms with Crippen LogP contribution in [-0.4, -0.2) is 4.98 Å². The van der Waals surface area contributed by atoms with Crippen LogP contribution in [0.5, 0.6) is 0 Å².